The standard InChI is InChI=1S/C13H22N2S/c1-13(2)6-4-7-15(10-13)9-11(14)12-5-3-8-16-12/h3,5,8,11H,4,6-7,9-10,14H2,1-2H3. The molecule has 2 nitrogen and oxygen atoms in total. The van der Waals surface area contributed by atoms with Crippen LogP contribution in [0.1, 0.15) is 37.6 Å². The van der Waals surface area contributed by atoms with Crippen molar-refractivity contribution in [1.29, 1.82) is 0 Å². The van der Waals surface area contributed by atoms with Crippen molar-refractivity contribution in [2.45, 2.75) is 32.7 Å². The van der Waals surface area contributed by atoms with Crippen LogP contribution in [0.25, 0.3) is 0 Å². The molecule has 0 radical (unpaired) electrons. The SMILES string of the molecule is CC1(C)CCCN(CC(N)c2cccs2)C1. The van der Waals surface area contributed by atoms with E-state index in [1.54, 1.807) is 11.3 Å². The molecule has 2 N–H and O–H groups in total. The average molecular weight is 238 g/mol. The van der Waals surface area contributed by atoms with Crippen LogP contribution >= 0.6 is 11.3 Å². The summed E-state index contributed by atoms with van der Waals surface area (Å²) in [7, 11) is 0. The summed E-state index contributed by atoms with van der Waals surface area (Å²) in [5, 5.41) is 2.11. The molecule has 0 aliphatic carbocycles. The lowest BCUT2D eigenvalue weighted by Crippen LogP contribution is -2.43. The molecule has 0 bridgehead atoms. The summed E-state index contributed by atoms with van der Waals surface area (Å²) in [6.07, 6.45) is 2.65. The topological polar surface area (TPSA) is 29.3 Å². The highest BCUT2D eigenvalue weighted by Crippen LogP contribution is 2.29. The van der Waals surface area contributed by atoms with Crippen LogP contribution in [0.5, 0.6) is 0 Å². The second-order valence-corrected chi connectivity index (χ2v) is 6.60. The van der Waals surface area contributed by atoms with Gasteiger partial charge in [0.2, 0.25) is 0 Å². The van der Waals surface area contributed by atoms with Gasteiger partial charge in [0, 0.05) is 18.0 Å². The van der Waals surface area contributed by atoms with Crippen molar-refractivity contribution in [2.75, 3.05) is 19.6 Å². The van der Waals surface area contributed by atoms with Gasteiger partial charge in [-0.3, -0.25) is 0 Å². The molecule has 0 spiro atoms. The van der Waals surface area contributed by atoms with Gasteiger partial charge in [-0.05, 0) is 36.2 Å². The first-order valence-electron chi connectivity index (χ1n) is 6.08. The summed E-state index contributed by atoms with van der Waals surface area (Å²) < 4.78 is 0. The third-order valence-corrected chi connectivity index (χ3v) is 4.35. The lowest BCUT2D eigenvalue weighted by molar-refractivity contribution is 0.112. The Morgan fingerprint density at radius 1 is 1.56 bits per heavy atom. The van der Waals surface area contributed by atoms with E-state index in [2.05, 4.69) is 36.3 Å². The highest BCUT2D eigenvalue weighted by molar-refractivity contribution is 7.10. The van der Waals surface area contributed by atoms with Crippen LogP contribution in [0, 0.1) is 5.41 Å². The minimum atomic E-state index is 0.189. The van der Waals surface area contributed by atoms with Gasteiger partial charge in [0.1, 0.15) is 0 Å². The van der Waals surface area contributed by atoms with Crippen LogP contribution in [0.15, 0.2) is 17.5 Å². The molecule has 1 unspecified atom stereocenters. The minimum absolute atomic E-state index is 0.189. The van der Waals surface area contributed by atoms with E-state index in [1.807, 2.05) is 0 Å². The Morgan fingerprint density at radius 3 is 3.00 bits per heavy atom. The number of likely N-dealkylation sites (tertiary alicyclic amines) is 1. The Kier molecular flexibility index (Phi) is 3.67. The second kappa shape index (κ2) is 4.86. The number of hydrogen-bond acceptors (Lipinski definition) is 3. The van der Waals surface area contributed by atoms with Crippen LogP contribution in [-0.2, 0) is 0 Å². The number of rotatable bonds is 3. The highest BCUT2D eigenvalue weighted by atomic mass is 32.1. The van der Waals surface area contributed by atoms with E-state index in [-0.39, 0.29) is 6.04 Å². The highest BCUT2D eigenvalue weighted by Gasteiger charge is 2.27. The molecule has 0 amide bonds. The Bertz CT molecular complexity index is 319. The molecule has 0 saturated carbocycles. The van der Waals surface area contributed by atoms with Gasteiger partial charge in [-0.2, -0.15) is 0 Å². The maximum absolute atomic E-state index is 6.23. The van der Waals surface area contributed by atoms with Crippen LogP contribution in [-0.4, -0.2) is 24.5 Å². The van der Waals surface area contributed by atoms with E-state index in [4.69, 9.17) is 5.73 Å². The van der Waals surface area contributed by atoms with Crippen molar-refractivity contribution in [3.05, 3.63) is 22.4 Å². The molecule has 2 rings (SSSR count). The number of piperidine rings is 1. The quantitative estimate of drug-likeness (QED) is 0.877. The zero-order valence-electron chi connectivity index (χ0n) is 10.3. The third-order valence-electron chi connectivity index (χ3n) is 3.34. The van der Waals surface area contributed by atoms with Crippen LogP contribution in [0.3, 0.4) is 0 Å². The molecule has 16 heavy (non-hydrogen) atoms. The maximum atomic E-state index is 6.23. The Hall–Kier alpha value is -0.380. The fraction of sp³-hybridized carbons (Fsp3) is 0.692. The predicted octanol–water partition coefficient (Wildman–Crippen LogP) is 2.87. The molecule has 3 heteroatoms. The van der Waals surface area contributed by atoms with E-state index in [9.17, 15) is 0 Å². The molecular formula is C13H22N2S. The van der Waals surface area contributed by atoms with Crippen molar-refractivity contribution in [2.24, 2.45) is 11.1 Å². The van der Waals surface area contributed by atoms with Crippen LogP contribution < -0.4 is 5.73 Å². The van der Waals surface area contributed by atoms with Crippen molar-refractivity contribution in [3.8, 4) is 0 Å². The predicted molar refractivity (Wildman–Crippen MR) is 70.7 cm³/mol. The zero-order chi connectivity index (χ0) is 11.6. The van der Waals surface area contributed by atoms with Crippen molar-refractivity contribution in [3.63, 3.8) is 0 Å². The molecule has 1 saturated heterocycles. The normalized spacial score (nSPS) is 23.2. The summed E-state index contributed by atoms with van der Waals surface area (Å²) in [6.45, 7) is 8.12. The van der Waals surface area contributed by atoms with Gasteiger partial charge in [0.25, 0.3) is 0 Å². The first-order chi connectivity index (χ1) is 7.57. The molecule has 2 heterocycles. The molecular weight excluding hydrogens is 216 g/mol. The molecule has 1 aromatic heterocycles. The summed E-state index contributed by atoms with van der Waals surface area (Å²) in [6, 6.07) is 4.42. The Labute approximate surface area is 102 Å². The van der Waals surface area contributed by atoms with Gasteiger partial charge in [-0.15, -0.1) is 11.3 Å². The van der Waals surface area contributed by atoms with E-state index < -0.39 is 0 Å². The van der Waals surface area contributed by atoms with Gasteiger partial charge in [0.05, 0.1) is 6.04 Å². The molecule has 1 fully saturated rings. The molecule has 1 aromatic rings. The molecule has 1 aliphatic rings. The zero-order valence-corrected chi connectivity index (χ0v) is 11.1. The van der Waals surface area contributed by atoms with E-state index in [0.29, 0.717) is 5.41 Å². The summed E-state index contributed by atoms with van der Waals surface area (Å²) in [4.78, 5) is 3.83. The fourth-order valence-electron chi connectivity index (χ4n) is 2.57. The van der Waals surface area contributed by atoms with Crippen molar-refractivity contribution in [1.82, 2.24) is 4.90 Å². The average Bonchev–Trinajstić information content (AvgIpc) is 2.68. The number of thiophene rings is 1. The van der Waals surface area contributed by atoms with Gasteiger partial charge < -0.3 is 10.6 Å². The molecule has 90 valence electrons. The Morgan fingerprint density at radius 2 is 2.38 bits per heavy atom. The van der Waals surface area contributed by atoms with E-state index >= 15 is 0 Å². The van der Waals surface area contributed by atoms with Gasteiger partial charge in [0.15, 0.2) is 0 Å². The smallest absolute Gasteiger partial charge is 0.0519 e. The van der Waals surface area contributed by atoms with Crippen molar-refractivity contribution < 1.29 is 0 Å². The van der Waals surface area contributed by atoms with Gasteiger partial charge in [-0.25, -0.2) is 0 Å². The van der Waals surface area contributed by atoms with E-state index in [0.717, 1.165) is 6.54 Å². The first-order valence-corrected chi connectivity index (χ1v) is 6.96. The minimum Gasteiger partial charge on any atom is -0.322 e. The number of nitrogens with two attached hydrogens (primary N) is 1. The lowest BCUT2D eigenvalue weighted by Gasteiger charge is -2.39. The summed E-state index contributed by atoms with van der Waals surface area (Å²) >= 11 is 1.77. The molecule has 1 aliphatic heterocycles. The summed E-state index contributed by atoms with van der Waals surface area (Å²) in [5.74, 6) is 0. The summed E-state index contributed by atoms with van der Waals surface area (Å²) in [5.41, 5.74) is 6.69. The maximum Gasteiger partial charge on any atom is 0.0519 e. The Balaban J connectivity index is 1.90. The fourth-order valence-corrected chi connectivity index (χ4v) is 3.29. The number of hydrogen-bond donors (Lipinski definition) is 1. The largest absolute Gasteiger partial charge is 0.322 e. The number of nitrogens with zero attached hydrogens (tertiary/aromatic N) is 1. The second-order valence-electron chi connectivity index (χ2n) is 5.62. The van der Waals surface area contributed by atoms with E-state index in [1.165, 1.54) is 30.8 Å². The molecule has 1 atom stereocenters. The van der Waals surface area contributed by atoms with Crippen LogP contribution in [0.4, 0.5) is 0 Å². The third kappa shape index (κ3) is 3.06. The van der Waals surface area contributed by atoms with Crippen molar-refractivity contribution >= 4 is 11.3 Å². The monoisotopic (exact) mass is 238 g/mol. The lowest BCUT2D eigenvalue weighted by atomic mass is 9.84. The molecule has 0 aromatic carbocycles. The first kappa shape index (κ1) is 12.1. The van der Waals surface area contributed by atoms with Gasteiger partial charge >= 0.3 is 0 Å². The van der Waals surface area contributed by atoms with Gasteiger partial charge in [-0.1, -0.05) is 19.9 Å². The van der Waals surface area contributed by atoms with Crippen LogP contribution in [0.2, 0.25) is 0 Å².